The maximum atomic E-state index is 12.6. The van der Waals surface area contributed by atoms with Crippen molar-refractivity contribution in [2.45, 2.75) is 5.75 Å². The Kier molecular flexibility index (Phi) is 5.00. The van der Waals surface area contributed by atoms with Crippen molar-refractivity contribution in [2.24, 2.45) is 0 Å². The van der Waals surface area contributed by atoms with Crippen LogP contribution in [0.5, 0.6) is 0 Å². The van der Waals surface area contributed by atoms with Crippen LogP contribution in [0.25, 0.3) is 11.5 Å². The molecule has 0 spiro atoms. The average molecular weight is 280 g/mol. The molecule has 0 fully saturated rings. The van der Waals surface area contributed by atoms with Gasteiger partial charge in [0, 0.05) is 5.56 Å². The molecule has 18 heavy (non-hydrogen) atoms. The molecular weight excluding hydrogens is 274 g/mol. The van der Waals surface area contributed by atoms with Crippen LogP contribution in [0.3, 0.4) is 0 Å². The summed E-state index contributed by atoms with van der Waals surface area (Å²) in [7, 11) is -4.46. The largest absolute Gasteiger partial charge is 1.00 e. The molecule has 1 aromatic carbocycles. The molecule has 0 bridgehead atoms. The van der Waals surface area contributed by atoms with E-state index in [-0.39, 0.29) is 41.3 Å². The van der Waals surface area contributed by atoms with Gasteiger partial charge < -0.3 is 8.97 Å². The Morgan fingerprint density at radius 3 is 2.39 bits per heavy atom. The number of hydrogen-bond acceptors (Lipinski definition) is 6. The van der Waals surface area contributed by atoms with Gasteiger partial charge in [-0.2, -0.15) is 0 Å². The standard InChI is InChI=1S/C9H7FN2O4S.Na/c10-7-3-1-6(2-4-7)9-12-11-8(16-9)5-17(13,14)15;/h1-4H,5H2,(H,13,14,15);/q;+1/p-1. The molecule has 0 N–H and O–H groups in total. The number of halogens is 1. The molecule has 6 nitrogen and oxygen atoms in total. The molecule has 0 aliphatic rings. The van der Waals surface area contributed by atoms with Crippen molar-refractivity contribution in [3.8, 4) is 11.5 Å². The fourth-order valence-corrected chi connectivity index (χ4v) is 1.59. The molecule has 0 radical (unpaired) electrons. The normalized spacial score (nSPS) is 11.0. The molecule has 0 unspecified atom stereocenters. The minimum atomic E-state index is -4.46. The minimum Gasteiger partial charge on any atom is -0.748 e. The summed E-state index contributed by atoms with van der Waals surface area (Å²) in [5.74, 6) is -1.54. The van der Waals surface area contributed by atoms with Crippen LogP contribution < -0.4 is 29.6 Å². The van der Waals surface area contributed by atoms with Gasteiger partial charge in [0.25, 0.3) is 0 Å². The second kappa shape index (κ2) is 5.89. The zero-order chi connectivity index (χ0) is 12.5. The molecule has 0 saturated carbocycles. The summed E-state index contributed by atoms with van der Waals surface area (Å²) >= 11 is 0. The van der Waals surface area contributed by atoms with E-state index >= 15 is 0 Å². The van der Waals surface area contributed by atoms with E-state index in [2.05, 4.69) is 10.2 Å². The van der Waals surface area contributed by atoms with Crippen molar-refractivity contribution in [2.75, 3.05) is 0 Å². The molecule has 1 heterocycles. The molecule has 1 aromatic heterocycles. The van der Waals surface area contributed by atoms with Gasteiger partial charge in [-0.15, -0.1) is 10.2 Å². The van der Waals surface area contributed by atoms with Crippen LogP contribution in [-0.2, 0) is 15.9 Å². The van der Waals surface area contributed by atoms with Gasteiger partial charge in [-0.05, 0) is 24.3 Å². The first kappa shape index (κ1) is 15.3. The summed E-state index contributed by atoms with van der Waals surface area (Å²) in [6.07, 6.45) is 0. The van der Waals surface area contributed by atoms with Crippen LogP contribution in [-0.4, -0.2) is 23.2 Å². The quantitative estimate of drug-likeness (QED) is 0.473. The fourth-order valence-electron chi connectivity index (χ4n) is 1.17. The van der Waals surface area contributed by atoms with Crippen LogP contribution in [0.1, 0.15) is 5.89 Å². The zero-order valence-electron chi connectivity index (χ0n) is 9.33. The second-order valence-electron chi connectivity index (χ2n) is 3.21. The molecule has 9 heteroatoms. The van der Waals surface area contributed by atoms with Crippen molar-refractivity contribution in [3.63, 3.8) is 0 Å². The van der Waals surface area contributed by atoms with Crippen molar-refractivity contribution < 1.29 is 51.3 Å². The van der Waals surface area contributed by atoms with Gasteiger partial charge >= 0.3 is 29.6 Å². The number of hydrogen-bond donors (Lipinski definition) is 0. The van der Waals surface area contributed by atoms with Crippen molar-refractivity contribution in [1.82, 2.24) is 10.2 Å². The summed E-state index contributed by atoms with van der Waals surface area (Å²) in [6.45, 7) is 0. The van der Waals surface area contributed by atoms with Crippen molar-refractivity contribution in [3.05, 3.63) is 36.0 Å². The summed E-state index contributed by atoms with van der Waals surface area (Å²) in [5.41, 5.74) is 0.438. The van der Waals surface area contributed by atoms with E-state index in [1.54, 1.807) is 0 Å². The molecule has 2 rings (SSSR count). The predicted octanol–water partition coefficient (Wildman–Crippen LogP) is -2.08. The average Bonchev–Trinajstić information content (AvgIpc) is 2.64. The first-order valence-electron chi connectivity index (χ1n) is 4.46. The molecule has 0 amide bonds. The summed E-state index contributed by atoms with van der Waals surface area (Å²) in [6, 6.07) is 5.20. The van der Waals surface area contributed by atoms with Gasteiger partial charge in [0.15, 0.2) is 0 Å². The van der Waals surface area contributed by atoms with Crippen LogP contribution in [0.2, 0.25) is 0 Å². The van der Waals surface area contributed by atoms with E-state index in [0.717, 1.165) is 0 Å². The maximum Gasteiger partial charge on any atom is 1.00 e. The third kappa shape index (κ3) is 4.14. The van der Waals surface area contributed by atoms with E-state index in [1.807, 2.05) is 0 Å². The Hall–Kier alpha value is -0.800. The Morgan fingerprint density at radius 1 is 1.22 bits per heavy atom. The van der Waals surface area contributed by atoms with Gasteiger partial charge in [-0.3, -0.25) is 0 Å². The SMILES string of the molecule is O=S(=O)([O-])Cc1nnc(-c2ccc(F)cc2)o1.[Na+]. The van der Waals surface area contributed by atoms with Gasteiger partial charge in [0.1, 0.15) is 21.7 Å². The van der Waals surface area contributed by atoms with E-state index in [1.165, 1.54) is 24.3 Å². The summed E-state index contributed by atoms with van der Waals surface area (Å²) in [4.78, 5) is 0. The summed E-state index contributed by atoms with van der Waals surface area (Å²) < 4.78 is 49.0. The molecular formula is C9H6FN2NaO4S. The van der Waals surface area contributed by atoms with E-state index in [9.17, 15) is 17.4 Å². The number of aromatic nitrogens is 2. The molecule has 0 atom stereocenters. The minimum absolute atomic E-state index is 0. The van der Waals surface area contributed by atoms with E-state index in [0.29, 0.717) is 5.56 Å². The maximum absolute atomic E-state index is 12.6. The van der Waals surface area contributed by atoms with E-state index in [4.69, 9.17) is 4.42 Å². The topological polar surface area (TPSA) is 96.1 Å². The summed E-state index contributed by atoms with van der Waals surface area (Å²) in [5, 5.41) is 6.97. The number of nitrogens with zero attached hydrogens (tertiary/aromatic N) is 2. The van der Waals surface area contributed by atoms with Crippen LogP contribution in [0.15, 0.2) is 28.7 Å². The van der Waals surface area contributed by atoms with Gasteiger partial charge in [-0.1, -0.05) is 0 Å². The Balaban J connectivity index is 0.00000162. The van der Waals surface area contributed by atoms with Crippen LogP contribution in [0.4, 0.5) is 4.39 Å². The monoisotopic (exact) mass is 280 g/mol. The molecule has 0 aliphatic carbocycles. The first-order chi connectivity index (χ1) is 7.94. The van der Waals surface area contributed by atoms with Crippen molar-refractivity contribution in [1.29, 1.82) is 0 Å². The zero-order valence-corrected chi connectivity index (χ0v) is 12.1. The third-order valence-corrected chi connectivity index (χ3v) is 2.46. The van der Waals surface area contributed by atoms with Crippen LogP contribution in [0, 0.1) is 5.82 Å². The second-order valence-corrected chi connectivity index (χ2v) is 4.61. The van der Waals surface area contributed by atoms with Gasteiger partial charge in [-0.25, -0.2) is 12.8 Å². The molecule has 2 aromatic rings. The van der Waals surface area contributed by atoms with Crippen molar-refractivity contribution >= 4 is 10.1 Å². The fraction of sp³-hybridized carbons (Fsp3) is 0.111. The molecule has 0 saturated heterocycles. The number of rotatable bonds is 3. The Labute approximate surface area is 124 Å². The Morgan fingerprint density at radius 2 is 1.83 bits per heavy atom. The smallest absolute Gasteiger partial charge is 0.748 e. The predicted molar refractivity (Wildman–Crippen MR) is 53.1 cm³/mol. The molecule has 90 valence electrons. The van der Waals surface area contributed by atoms with Gasteiger partial charge in [0.2, 0.25) is 11.8 Å². The van der Waals surface area contributed by atoms with Crippen LogP contribution >= 0.6 is 0 Å². The first-order valence-corrected chi connectivity index (χ1v) is 6.04. The van der Waals surface area contributed by atoms with Gasteiger partial charge in [0.05, 0.1) is 0 Å². The Bertz CT molecular complexity index is 626. The van der Waals surface area contributed by atoms with E-state index < -0.39 is 21.7 Å². The number of benzene rings is 1. The molecule has 0 aliphatic heterocycles. The third-order valence-electron chi connectivity index (χ3n) is 1.86.